The van der Waals surface area contributed by atoms with Crippen LogP contribution in [0.1, 0.15) is 19.8 Å². The van der Waals surface area contributed by atoms with Gasteiger partial charge in [-0.3, -0.25) is 0 Å². The molecule has 0 fully saturated rings. The van der Waals surface area contributed by atoms with E-state index in [4.69, 9.17) is 5.11 Å². The van der Waals surface area contributed by atoms with E-state index in [1.165, 1.54) is 0 Å². The van der Waals surface area contributed by atoms with Gasteiger partial charge < -0.3 is 5.11 Å². The topological polar surface area (TPSA) is 20.2 Å². The Morgan fingerprint density at radius 3 is 2.75 bits per heavy atom. The first-order valence-corrected chi connectivity index (χ1v) is 2.92. The molecule has 0 heterocycles. The highest BCUT2D eigenvalue weighted by Crippen LogP contribution is 2.17. The Balaban J connectivity index is 2.70. The fraction of sp³-hybridized carbons (Fsp3) is 0.429. The molecule has 0 saturated heterocycles. The smallest absolute Gasteiger partial charge is 0.0991 e. The number of hydrogen-bond acceptors (Lipinski definition) is 1. The van der Waals surface area contributed by atoms with Crippen LogP contribution in [0.15, 0.2) is 23.5 Å². The molecule has 1 N–H and O–H groups in total. The largest absolute Gasteiger partial charge is 0.512 e. The van der Waals surface area contributed by atoms with Crippen molar-refractivity contribution in [2.45, 2.75) is 19.8 Å². The van der Waals surface area contributed by atoms with Gasteiger partial charge in [0.05, 0.1) is 5.76 Å². The highest BCUT2D eigenvalue weighted by atomic mass is 16.3. The van der Waals surface area contributed by atoms with Gasteiger partial charge in [-0.25, -0.2) is 0 Å². The molecule has 44 valence electrons. The summed E-state index contributed by atoms with van der Waals surface area (Å²) in [6.45, 7) is 2.04. The van der Waals surface area contributed by atoms with E-state index in [9.17, 15) is 0 Å². The number of allylic oxidation sites excluding steroid dienone is 3. The van der Waals surface area contributed by atoms with Gasteiger partial charge in [0.15, 0.2) is 0 Å². The zero-order chi connectivity index (χ0) is 5.98. The summed E-state index contributed by atoms with van der Waals surface area (Å²) >= 11 is 0. The van der Waals surface area contributed by atoms with Crippen LogP contribution in [-0.4, -0.2) is 5.11 Å². The molecule has 0 spiro atoms. The van der Waals surface area contributed by atoms with Gasteiger partial charge in [0.25, 0.3) is 0 Å². The van der Waals surface area contributed by atoms with Crippen molar-refractivity contribution in [3.05, 3.63) is 23.5 Å². The summed E-state index contributed by atoms with van der Waals surface area (Å²) in [5, 5.41) is 9.01. The number of aliphatic hydroxyl groups is 1. The number of aliphatic hydroxyl groups excluding tert-OH is 1. The molecule has 0 bridgehead atoms. The average molecular weight is 110 g/mol. The van der Waals surface area contributed by atoms with E-state index in [1.54, 1.807) is 0 Å². The van der Waals surface area contributed by atoms with Crippen molar-refractivity contribution in [3.63, 3.8) is 0 Å². The van der Waals surface area contributed by atoms with Gasteiger partial charge >= 0.3 is 0 Å². The first-order chi connectivity index (χ1) is 3.84. The molecule has 0 unspecified atom stereocenters. The van der Waals surface area contributed by atoms with E-state index in [2.05, 4.69) is 0 Å². The summed E-state index contributed by atoms with van der Waals surface area (Å²) in [5.74, 6) is 0.549. The predicted octanol–water partition coefficient (Wildman–Crippen LogP) is 2.17. The van der Waals surface area contributed by atoms with Crippen molar-refractivity contribution in [1.29, 1.82) is 0 Å². The SMILES string of the molecule is CCC1=C(O)CC=C1. The lowest BCUT2D eigenvalue weighted by atomic mass is 10.2. The molecular formula is C7H10O. The van der Waals surface area contributed by atoms with Crippen LogP contribution in [-0.2, 0) is 0 Å². The average Bonchev–Trinajstić information content (AvgIpc) is 2.14. The van der Waals surface area contributed by atoms with Gasteiger partial charge in [-0.15, -0.1) is 0 Å². The first kappa shape index (κ1) is 5.42. The Labute approximate surface area is 49.3 Å². The number of rotatable bonds is 1. The van der Waals surface area contributed by atoms with Crippen LogP contribution in [0.4, 0.5) is 0 Å². The van der Waals surface area contributed by atoms with Crippen LogP contribution >= 0.6 is 0 Å². The maximum absolute atomic E-state index is 9.01. The third kappa shape index (κ3) is 0.760. The van der Waals surface area contributed by atoms with Gasteiger partial charge in [0.1, 0.15) is 0 Å². The van der Waals surface area contributed by atoms with Crippen molar-refractivity contribution in [2.75, 3.05) is 0 Å². The molecule has 0 aliphatic heterocycles. The van der Waals surface area contributed by atoms with Crippen LogP contribution in [0.25, 0.3) is 0 Å². The highest BCUT2D eigenvalue weighted by molar-refractivity contribution is 5.29. The van der Waals surface area contributed by atoms with Crippen LogP contribution in [0.2, 0.25) is 0 Å². The fourth-order valence-corrected chi connectivity index (χ4v) is 0.862. The van der Waals surface area contributed by atoms with E-state index >= 15 is 0 Å². The van der Waals surface area contributed by atoms with E-state index in [-0.39, 0.29) is 0 Å². The Kier molecular flexibility index (Phi) is 1.38. The van der Waals surface area contributed by atoms with Crippen LogP contribution in [0.3, 0.4) is 0 Å². The lowest BCUT2D eigenvalue weighted by Gasteiger charge is -1.92. The molecule has 0 saturated carbocycles. The molecule has 0 radical (unpaired) electrons. The minimum atomic E-state index is 0.549. The summed E-state index contributed by atoms with van der Waals surface area (Å²) in [7, 11) is 0. The third-order valence-corrected chi connectivity index (χ3v) is 1.38. The maximum atomic E-state index is 9.01. The Morgan fingerprint density at radius 2 is 2.50 bits per heavy atom. The standard InChI is InChI=1S/C7H10O/c1-2-6-4-3-5-7(6)8/h3-4,8H,2,5H2,1H3. The van der Waals surface area contributed by atoms with Gasteiger partial charge in [0, 0.05) is 6.42 Å². The molecular weight excluding hydrogens is 100 g/mol. The van der Waals surface area contributed by atoms with E-state index in [1.807, 2.05) is 19.1 Å². The highest BCUT2D eigenvalue weighted by Gasteiger charge is 2.02. The van der Waals surface area contributed by atoms with Crippen molar-refractivity contribution < 1.29 is 5.11 Å². The summed E-state index contributed by atoms with van der Waals surface area (Å²) < 4.78 is 0. The van der Waals surface area contributed by atoms with Crippen LogP contribution < -0.4 is 0 Å². The van der Waals surface area contributed by atoms with Gasteiger partial charge in [-0.05, 0) is 12.0 Å². The molecule has 1 heteroatoms. The van der Waals surface area contributed by atoms with Crippen molar-refractivity contribution in [3.8, 4) is 0 Å². The van der Waals surface area contributed by atoms with Crippen molar-refractivity contribution in [1.82, 2.24) is 0 Å². The van der Waals surface area contributed by atoms with E-state index in [0.29, 0.717) is 5.76 Å². The summed E-state index contributed by atoms with van der Waals surface area (Å²) in [6, 6.07) is 0. The van der Waals surface area contributed by atoms with Crippen LogP contribution in [0.5, 0.6) is 0 Å². The third-order valence-electron chi connectivity index (χ3n) is 1.38. The second-order valence-electron chi connectivity index (χ2n) is 1.93. The molecule has 1 aliphatic carbocycles. The lowest BCUT2D eigenvalue weighted by Crippen LogP contribution is -1.78. The van der Waals surface area contributed by atoms with Crippen molar-refractivity contribution >= 4 is 0 Å². The molecule has 8 heavy (non-hydrogen) atoms. The number of hydrogen-bond donors (Lipinski definition) is 1. The van der Waals surface area contributed by atoms with E-state index < -0.39 is 0 Å². The Morgan fingerprint density at radius 1 is 1.75 bits per heavy atom. The van der Waals surface area contributed by atoms with Crippen molar-refractivity contribution in [2.24, 2.45) is 0 Å². The van der Waals surface area contributed by atoms with E-state index in [0.717, 1.165) is 18.4 Å². The molecule has 0 aromatic rings. The molecule has 0 aromatic heterocycles. The normalized spacial score (nSPS) is 18.1. The predicted molar refractivity (Wildman–Crippen MR) is 33.7 cm³/mol. The van der Waals surface area contributed by atoms with Gasteiger partial charge in [-0.2, -0.15) is 0 Å². The zero-order valence-corrected chi connectivity index (χ0v) is 5.02. The first-order valence-electron chi connectivity index (χ1n) is 2.92. The molecule has 1 aliphatic rings. The monoisotopic (exact) mass is 110 g/mol. The maximum Gasteiger partial charge on any atom is 0.0991 e. The summed E-state index contributed by atoms with van der Waals surface area (Å²) in [5.41, 5.74) is 1.09. The van der Waals surface area contributed by atoms with Crippen LogP contribution in [0, 0.1) is 0 Å². The molecule has 0 aromatic carbocycles. The summed E-state index contributed by atoms with van der Waals surface area (Å²) in [6.07, 6.45) is 5.65. The fourth-order valence-electron chi connectivity index (χ4n) is 0.862. The Hall–Kier alpha value is -0.720. The minimum absolute atomic E-state index is 0.549. The lowest BCUT2D eigenvalue weighted by molar-refractivity contribution is 0.398. The molecule has 0 atom stereocenters. The minimum Gasteiger partial charge on any atom is -0.512 e. The second-order valence-corrected chi connectivity index (χ2v) is 1.93. The molecule has 0 amide bonds. The second kappa shape index (κ2) is 2.03. The van der Waals surface area contributed by atoms with Gasteiger partial charge in [-0.1, -0.05) is 19.1 Å². The zero-order valence-electron chi connectivity index (χ0n) is 5.02. The quantitative estimate of drug-likeness (QED) is 0.548. The summed E-state index contributed by atoms with van der Waals surface area (Å²) in [4.78, 5) is 0. The Bertz CT molecular complexity index is 142. The van der Waals surface area contributed by atoms with Gasteiger partial charge in [0.2, 0.25) is 0 Å². The molecule has 1 rings (SSSR count). The molecule has 1 nitrogen and oxygen atoms in total.